The molecule has 0 radical (unpaired) electrons. The molecule has 0 unspecified atom stereocenters. The molecule has 0 amide bonds. The molecule has 0 saturated heterocycles. The molecule has 0 saturated carbocycles. The van der Waals surface area contributed by atoms with E-state index in [0.717, 1.165) is 34.0 Å². The van der Waals surface area contributed by atoms with Crippen molar-refractivity contribution < 1.29 is 9.90 Å². The summed E-state index contributed by atoms with van der Waals surface area (Å²) >= 11 is 1.07. The van der Waals surface area contributed by atoms with Gasteiger partial charge in [0.2, 0.25) is 5.01 Å². The van der Waals surface area contributed by atoms with Crippen LogP contribution in [0.2, 0.25) is 0 Å². The first kappa shape index (κ1) is 18.5. The first-order chi connectivity index (χ1) is 14.2. The molecule has 1 heterocycles. The monoisotopic (exact) mass is 396 g/mol. The Morgan fingerprint density at radius 2 is 1.34 bits per heavy atom. The molecule has 0 aliphatic rings. The minimum atomic E-state index is -1.03. The fraction of sp³-hybridized carbons (Fsp3) is 0. The molecule has 4 rings (SSSR count). The first-order valence-corrected chi connectivity index (χ1v) is 9.74. The topological polar surface area (TPSA) is 53.4 Å². The smallest absolute Gasteiger partial charge is 0.365 e. The van der Waals surface area contributed by atoms with E-state index >= 15 is 0 Å². The Kier molecular flexibility index (Phi) is 5.37. The largest absolute Gasteiger partial charge is 0.476 e. The number of carboxylic acids is 1. The maximum atomic E-state index is 10.9. The highest BCUT2D eigenvalue weighted by Gasteiger charge is 2.11. The van der Waals surface area contributed by atoms with E-state index in [1.807, 2.05) is 60.7 Å². The van der Waals surface area contributed by atoms with Gasteiger partial charge in [0, 0.05) is 22.6 Å². The van der Waals surface area contributed by atoms with Gasteiger partial charge < -0.3 is 10.0 Å². The number of aromatic nitrogens is 1. The number of benzene rings is 3. The molecule has 0 spiro atoms. The van der Waals surface area contributed by atoms with Crippen molar-refractivity contribution >= 4 is 34.4 Å². The van der Waals surface area contributed by atoms with Gasteiger partial charge in [0.1, 0.15) is 0 Å². The minimum Gasteiger partial charge on any atom is -0.476 e. The standard InChI is InChI=1S/C24H16N2O2S/c27-24(28)23-25-17-22(29-23)16-13-18-11-14-21(15-12-18)26(19-7-3-1-4-8-19)20-9-5-2-6-10-20/h1-12,14-15,17H,(H,27,28). The zero-order chi connectivity index (χ0) is 20.1. The molecule has 0 bridgehead atoms. The highest BCUT2D eigenvalue weighted by atomic mass is 32.1. The van der Waals surface area contributed by atoms with E-state index < -0.39 is 5.97 Å². The van der Waals surface area contributed by atoms with Gasteiger partial charge in [-0.15, -0.1) is 0 Å². The highest BCUT2D eigenvalue weighted by Crippen LogP contribution is 2.33. The number of rotatable bonds is 4. The Morgan fingerprint density at radius 3 is 1.86 bits per heavy atom. The second-order valence-electron chi connectivity index (χ2n) is 6.14. The minimum absolute atomic E-state index is 0.0472. The molecule has 4 aromatic rings. The molecule has 3 aromatic carbocycles. The van der Waals surface area contributed by atoms with Crippen molar-refractivity contribution in [3.05, 3.63) is 107 Å². The Balaban J connectivity index is 1.63. The van der Waals surface area contributed by atoms with Gasteiger partial charge in [0.25, 0.3) is 0 Å². The lowest BCUT2D eigenvalue weighted by atomic mass is 10.1. The van der Waals surface area contributed by atoms with Gasteiger partial charge >= 0.3 is 5.97 Å². The number of hydrogen-bond donors (Lipinski definition) is 1. The van der Waals surface area contributed by atoms with Gasteiger partial charge in [-0.05, 0) is 54.5 Å². The second-order valence-corrected chi connectivity index (χ2v) is 7.17. The van der Waals surface area contributed by atoms with Crippen LogP contribution >= 0.6 is 11.3 Å². The van der Waals surface area contributed by atoms with Crippen LogP contribution in [0, 0.1) is 11.8 Å². The summed E-state index contributed by atoms with van der Waals surface area (Å²) in [4.78, 5) is 17.6. The van der Waals surface area contributed by atoms with Crippen LogP contribution in [-0.4, -0.2) is 16.1 Å². The molecule has 4 nitrogen and oxygen atoms in total. The van der Waals surface area contributed by atoms with E-state index in [1.165, 1.54) is 6.20 Å². The van der Waals surface area contributed by atoms with Crippen LogP contribution in [0.1, 0.15) is 20.2 Å². The molecule has 1 N–H and O–H groups in total. The fourth-order valence-corrected chi connectivity index (χ4v) is 3.47. The van der Waals surface area contributed by atoms with Crippen LogP contribution in [0.25, 0.3) is 0 Å². The number of carbonyl (C=O) groups is 1. The number of carboxylic acid groups (broad SMARTS) is 1. The third-order valence-electron chi connectivity index (χ3n) is 4.17. The van der Waals surface area contributed by atoms with Gasteiger partial charge in [0.05, 0.1) is 11.1 Å². The van der Waals surface area contributed by atoms with Crippen molar-refractivity contribution in [2.45, 2.75) is 0 Å². The van der Waals surface area contributed by atoms with Crippen molar-refractivity contribution in [2.75, 3.05) is 4.90 Å². The van der Waals surface area contributed by atoms with Crippen LogP contribution < -0.4 is 4.90 Å². The number of anilines is 3. The third-order valence-corrected chi connectivity index (χ3v) is 5.07. The summed E-state index contributed by atoms with van der Waals surface area (Å²) in [5.74, 6) is 5.01. The van der Waals surface area contributed by atoms with Crippen LogP contribution in [0.5, 0.6) is 0 Å². The maximum absolute atomic E-state index is 10.9. The van der Waals surface area contributed by atoms with Crippen LogP contribution in [0.4, 0.5) is 17.1 Å². The fourth-order valence-electron chi connectivity index (χ4n) is 2.86. The predicted octanol–water partition coefficient (Wildman–Crippen LogP) is 5.71. The summed E-state index contributed by atoms with van der Waals surface area (Å²) in [6, 6.07) is 28.3. The lowest BCUT2D eigenvalue weighted by Crippen LogP contribution is -2.09. The molecule has 1 aromatic heterocycles. The summed E-state index contributed by atoms with van der Waals surface area (Å²) in [5, 5.41) is 9.00. The Bertz CT molecular complexity index is 1130. The van der Waals surface area contributed by atoms with Crippen molar-refractivity contribution in [2.24, 2.45) is 0 Å². The quantitative estimate of drug-likeness (QED) is 0.449. The SMILES string of the molecule is O=C(O)c1ncc(C#Cc2ccc(N(c3ccccc3)c3ccccc3)cc2)s1. The summed E-state index contributed by atoms with van der Waals surface area (Å²) in [6.07, 6.45) is 1.49. The molecule has 0 aliphatic carbocycles. The van der Waals surface area contributed by atoms with E-state index in [4.69, 9.17) is 5.11 Å². The molecular weight excluding hydrogens is 380 g/mol. The van der Waals surface area contributed by atoms with E-state index in [2.05, 4.69) is 46.0 Å². The third kappa shape index (κ3) is 4.34. The number of nitrogens with zero attached hydrogens (tertiary/aromatic N) is 2. The lowest BCUT2D eigenvalue weighted by Gasteiger charge is -2.25. The Labute approximate surface area is 172 Å². The molecule has 5 heteroatoms. The van der Waals surface area contributed by atoms with Crippen LogP contribution in [0.15, 0.2) is 91.1 Å². The summed E-state index contributed by atoms with van der Waals surface area (Å²) < 4.78 is 0. The molecule has 0 aliphatic heterocycles. The number of aromatic carboxylic acids is 1. The second kappa shape index (κ2) is 8.42. The number of para-hydroxylation sites is 2. The summed E-state index contributed by atoms with van der Waals surface area (Å²) in [5.41, 5.74) is 4.02. The predicted molar refractivity (Wildman–Crippen MR) is 116 cm³/mol. The molecule has 0 fully saturated rings. The van der Waals surface area contributed by atoms with Gasteiger partial charge in [-0.25, -0.2) is 9.78 Å². The normalized spacial score (nSPS) is 10.1. The zero-order valence-electron chi connectivity index (χ0n) is 15.3. The maximum Gasteiger partial charge on any atom is 0.365 e. The molecule has 29 heavy (non-hydrogen) atoms. The van der Waals surface area contributed by atoms with Gasteiger partial charge in [-0.3, -0.25) is 0 Å². The first-order valence-electron chi connectivity index (χ1n) is 8.92. The van der Waals surface area contributed by atoms with Crippen molar-refractivity contribution in [1.29, 1.82) is 0 Å². The van der Waals surface area contributed by atoms with Crippen molar-refractivity contribution in [3.63, 3.8) is 0 Å². The van der Waals surface area contributed by atoms with Crippen molar-refractivity contribution in [1.82, 2.24) is 4.98 Å². The van der Waals surface area contributed by atoms with Gasteiger partial charge in [-0.1, -0.05) is 53.7 Å². The Hall–Kier alpha value is -3.88. The molecule has 140 valence electrons. The van der Waals surface area contributed by atoms with Gasteiger partial charge in [0.15, 0.2) is 0 Å². The average molecular weight is 396 g/mol. The van der Waals surface area contributed by atoms with Crippen molar-refractivity contribution in [3.8, 4) is 11.8 Å². The molecule has 0 atom stereocenters. The van der Waals surface area contributed by atoms with E-state index in [9.17, 15) is 4.79 Å². The summed E-state index contributed by atoms with van der Waals surface area (Å²) in [6.45, 7) is 0. The van der Waals surface area contributed by atoms with E-state index in [0.29, 0.717) is 4.88 Å². The van der Waals surface area contributed by atoms with Gasteiger partial charge in [-0.2, -0.15) is 0 Å². The lowest BCUT2D eigenvalue weighted by molar-refractivity contribution is 0.0696. The number of thiazole rings is 1. The average Bonchev–Trinajstić information content (AvgIpc) is 3.25. The number of hydrogen-bond acceptors (Lipinski definition) is 4. The zero-order valence-corrected chi connectivity index (χ0v) is 16.1. The van der Waals surface area contributed by atoms with Crippen LogP contribution in [0.3, 0.4) is 0 Å². The highest BCUT2D eigenvalue weighted by molar-refractivity contribution is 7.14. The Morgan fingerprint density at radius 1 is 0.793 bits per heavy atom. The summed E-state index contributed by atoms with van der Waals surface area (Å²) in [7, 11) is 0. The van der Waals surface area contributed by atoms with Crippen LogP contribution in [-0.2, 0) is 0 Å². The van der Waals surface area contributed by atoms with E-state index in [1.54, 1.807) is 0 Å². The molecular formula is C24H16N2O2S. The van der Waals surface area contributed by atoms with E-state index in [-0.39, 0.29) is 5.01 Å².